The minimum absolute atomic E-state index is 0.150. The molecule has 0 radical (unpaired) electrons. The first kappa shape index (κ1) is 21.0. The molecule has 31 heavy (non-hydrogen) atoms. The maximum atomic E-state index is 13.1. The summed E-state index contributed by atoms with van der Waals surface area (Å²) < 4.78 is 7.79. The normalized spacial score (nSPS) is 11.9. The van der Waals surface area contributed by atoms with Crippen molar-refractivity contribution in [2.75, 3.05) is 6.61 Å². The zero-order valence-electron chi connectivity index (χ0n) is 17.6. The number of rotatable bonds is 7. The molecule has 0 unspecified atom stereocenters. The van der Waals surface area contributed by atoms with Crippen LogP contribution in [0.25, 0.3) is 11.0 Å². The topological polar surface area (TPSA) is 60.7 Å². The molecule has 5 nitrogen and oxygen atoms in total. The molecule has 2 heterocycles. The van der Waals surface area contributed by atoms with Gasteiger partial charge in [-0.2, -0.15) is 4.98 Å². The van der Waals surface area contributed by atoms with Crippen molar-refractivity contribution in [3.8, 4) is 5.75 Å². The van der Waals surface area contributed by atoms with Gasteiger partial charge in [0.2, 0.25) is 4.96 Å². The van der Waals surface area contributed by atoms with Crippen LogP contribution >= 0.6 is 11.3 Å². The molecule has 0 N–H and O–H groups in total. The third-order valence-electron chi connectivity index (χ3n) is 5.20. The number of benzene rings is 2. The zero-order valence-corrected chi connectivity index (χ0v) is 18.4. The summed E-state index contributed by atoms with van der Waals surface area (Å²) in [6.45, 7) is 4.64. The van der Waals surface area contributed by atoms with E-state index in [0.717, 1.165) is 29.7 Å². The number of ether oxygens (including phenoxy) is 1. The lowest BCUT2D eigenvalue weighted by Gasteiger charge is -2.06. The van der Waals surface area contributed by atoms with Crippen molar-refractivity contribution in [1.29, 1.82) is 0 Å². The Morgan fingerprint density at radius 3 is 2.52 bits per heavy atom. The molecule has 0 aliphatic rings. The molecular weight excluding hydrogens is 408 g/mol. The minimum atomic E-state index is -0.275. The van der Waals surface area contributed by atoms with E-state index in [1.54, 1.807) is 4.40 Å². The van der Waals surface area contributed by atoms with E-state index in [0.29, 0.717) is 33.8 Å². The molecule has 2 aromatic carbocycles. The summed E-state index contributed by atoms with van der Waals surface area (Å²) in [6.07, 6.45) is 4.40. The predicted molar refractivity (Wildman–Crippen MR) is 125 cm³/mol. The Bertz CT molecular complexity index is 1360. The average molecular weight is 433 g/mol. The van der Waals surface area contributed by atoms with Crippen molar-refractivity contribution in [1.82, 2.24) is 9.38 Å². The first-order valence-corrected chi connectivity index (χ1v) is 11.2. The third-order valence-corrected chi connectivity index (χ3v) is 6.17. The van der Waals surface area contributed by atoms with Crippen LogP contribution in [0.4, 0.5) is 0 Å². The van der Waals surface area contributed by atoms with E-state index in [4.69, 9.17) is 4.74 Å². The highest BCUT2D eigenvalue weighted by atomic mass is 32.1. The number of aryl methyl sites for hydroxylation is 1. The van der Waals surface area contributed by atoms with E-state index in [1.807, 2.05) is 67.6 Å². The Balaban J connectivity index is 1.70. The predicted octanol–water partition coefficient (Wildman–Crippen LogP) is 3.74. The van der Waals surface area contributed by atoms with Gasteiger partial charge >= 0.3 is 0 Å². The van der Waals surface area contributed by atoms with Crippen molar-refractivity contribution in [2.24, 2.45) is 0 Å². The number of fused-ring (bicyclic) bond motifs is 1. The Hall–Kier alpha value is -3.25. The van der Waals surface area contributed by atoms with Crippen LogP contribution < -0.4 is 20.4 Å². The fourth-order valence-electron chi connectivity index (χ4n) is 3.44. The van der Waals surface area contributed by atoms with Gasteiger partial charge in [0, 0.05) is 17.7 Å². The molecule has 0 aliphatic carbocycles. The monoisotopic (exact) mass is 432 g/mol. The highest BCUT2D eigenvalue weighted by Gasteiger charge is 2.14. The third kappa shape index (κ3) is 4.59. The van der Waals surface area contributed by atoms with E-state index in [-0.39, 0.29) is 11.1 Å². The Labute approximate surface area is 184 Å². The van der Waals surface area contributed by atoms with Crippen molar-refractivity contribution >= 4 is 22.4 Å². The summed E-state index contributed by atoms with van der Waals surface area (Å²) in [5.74, 6) is 0.817. The second-order valence-electron chi connectivity index (χ2n) is 7.45. The fraction of sp³-hybridized carbons (Fsp3) is 0.240. The molecule has 0 amide bonds. The quantitative estimate of drug-likeness (QED) is 0.418. The average Bonchev–Trinajstić information content (AvgIpc) is 3.08. The van der Waals surface area contributed by atoms with Crippen LogP contribution in [0.2, 0.25) is 0 Å². The molecule has 4 rings (SSSR count). The van der Waals surface area contributed by atoms with Crippen molar-refractivity contribution in [3.05, 3.63) is 102 Å². The van der Waals surface area contributed by atoms with Crippen LogP contribution in [-0.4, -0.2) is 16.0 Å². The van der Waals surface area contributed by atoms with Gasteiger partial charge in [0.25, 0.3) is 11.1 Å². The molecule has 0 atom stereocenters. The van der Waals surface area contributed by atoms with Crippen LogP contribution in [-0.2, 0) is 6.42 Å². The molecule has 0 bridgehead atoms. The summed E-state index contributed by atoms with van der Waals surface area (Å²) in [6, 6.07) is 17.4. The van der Waals surface area contributed by atoms with E-state index < -0.39 is 0 Å². The molecule has 0 saturated heterocycles. The maximum absolute atomic E-state index is 13.1. The van der Waals surface area contributed by atoms with Gasteiger partial charge in [-0.15, -0.1) is 0 Å². The summed E-state index contributed by atoms with van der Waals surface area (Å²) in [4.78, 5) is 30.3. The van der Waals surface area contributed by atoms with Crippen molar-refractivity contribution in [2.45, 2.75) is 33.1 Å². The summed E-state index contributed by atoms with van der Waals surface area (Å²) in [5.41, 5.74) is 2.69. The number of nitrogens with zero attached hydrogens (tertiary/aromatic N) is 2. The Morgan fingerprint density at radius 2 is 1.81 bits per heavy atom. The molecular formula is C25H24N2O3S. The second kappa shape index (κ2) is 9.27. The lowest BCUT2D eigenvalue weighted by atomic mass is 10.1. The fourth-order valence-corrected chi connectivity index (χ4v) is 4.45. The van der Waals surface area contributed by atoms with Gasteiger partial charge < -0.3 is 4.74 Å². The largest absolute Gasteiger partial charge is 0.494 e. The van der Waals surface area contributed by atoms with E-state index in [9.17, 15) is 9.59 Å². The molecule has 2 aromatic heterocycles. The lowest BCUT2D eigenvalue weighted by Crippen LogP contribution is -2.27. The molecule has 0 fully saturated rings. The van der Waals surface area contributed by atoms with Crippen molar-refractivity contribution in [3.63, 3.8) is 0 Å². The molecule has 158 valence electrons. The molecule has 6 heteroatoms. The standard InChI is InChI=1S/C25H24N2O3S/c1-3-4-14-30-20-12-10-19(11-13-20)16-22-24(29)27-17(2)21(23(28)26-25(27)31-22)15-18-8-6-5-7-9-18/h5-13,16H,3-4,14-15H2,1-2H3. The molecule has 4 aromatic rings. The Morgan fingerprint density at radius 1 is 1.06 bits per heavy atom. The number of hydrogen-bond acceptors (Lipinski definition) is 5. The van der Waals surface area contributed by atoms with E-state index in [2.05, 4.69) is 11.9 Å². The van der Waals surface area contributed by atoms with Gasteiger partial charge in [0.15, 0.2) is 0 Å². The summed E-state index contributed by atoms with van der Waals surface area (Å²) in [5, 5.41) is 0. The van der Waals surface area contributed by atoms with Crippen LogP contribution in [0, 0.1) is 6.92 Å². The summed E-state index contributed by atoms with van der Waals surface area (Å²) >= 11 is 1.24. The number of unbranched alkanes of at least 4 members (excludes halogenated alkanes) is 1. The van der Waals surface area contributed by atoms with Gasteiger partial charge in [-0.05, 0) is 42.7 Å². The smallest absolute Gasteiger partial charge is 0.277 e. The van der Waals surface area contributed by atoms with Crippen LogP contribution in [0.1, 0.15) is 42.1 Å². The van der Waals surface area contributed by atoms with Gasteiger partial charge in [-0.1, -0.05) is 67.1 Å². The first-order valence-electron chi connectivity index (χ1n) is 10.4. The molecule has 0 aliphatic heterocycles. The zero-order chi connectivity index (χ0) is 21.8. The van der Waals surface area contributed by atoms with Crippen LogP contribution in [0.15, 0.2) is 64.2 Å². The highest BCUT2D eigenvalue weighted by Crippen LogP contribution is 2.14. The number of thiazole rings is 1. The molecule has 0 spiro atoms. The first-order chi connectivity index (χ1) is 15.1. The molecule has 0 saturated carbocycles. The Kier molecular flexibility index (Phi) is 6.28. The van der Waals surface area contributed by atoms with E-state index >= 15 is 0 Å². The maximum Gasteiger partial charge on any atom is 0.277 e. The second-order valence-corrected chi connectivity index (χ2v) is 8.46. The van der Waals surface area contributed by atoms with Gasteiger partial charge in [-0.3, -0.25) is 14.0 Å². The van der Waals surface area contributed by atoms with Gasteiger partial charge in [0.05, 0.1) is 11.1 Å². The van der Waals surface area contributed by atoms with E-state index in [1.165, 1.54) is 11.3 Å². The highest BCUT2D eigenvalue weighted by molar-refractivity contribution is 7.15. The summed E-state index contributed by atoms with van der Waals surface area (Å²) in [7, 11) is 0. The van der Waals surface area contributed by atoms with Gasteiger partial charge in [-0.25, -0.2) is 0 Å². The minimum Gasteiger partial charge on any atom is -0.494 e. The number of aromatic nitrogens is 2. The van der Waals surface area contributed by atoms with Crippen LogP contribution in [0.3, 0.4) is 0 Å². The van der Waals surface area contributed by atoms with Crippen LogP contribution in [0.5, 0.6) is 5.75 Å². The van der Waals surface area contributed by atoms with Crippen molar-refractivity contribution < 1.29 is 4.74 Å². The van der Waals surface area contributed by atoms with Gasteiger partial charge in [0.1, 0.15) is 5.75 Å². The number of hydrogen-bond donors (Lipinski definition) is 0. The SMILES string of the molecule is CCCCOc1ccc(C=c2sc3nc(=O)c(Cc4ccccc4)c(C)n3c2=O)cc1. The lowest BCUT2D eigenvalue weighted by molar-refractivity contribution is 0.309.